The highest BCUT2D eigenvalue weighted by molar-refractivity contribution is 9.74. The summed E-state index contributed by atoms with van der Waals surface area (Å²) in [7, 11) is 11.8. The van der Waals surface area contributed by atoms with Crippen LogP contribution in [0.4, 0.5) is 0 Å². The smallest absolute Gasteiger partial charge is 0.374 e. The van der Waals surface area contributed by atoms with Crippen molar-refractivity contribution in [2.75, 3.05) is 81.7 Å². The molecule has 24 heteroatoms. The lowest BCUT2D eigenvalue weighted by Gasteiger charge is -2.36. The van der Waals surface area contributed by atoms with Gasteiger partial charge in [-0.1, -0.05) is 71.6 Å². The van der Waals surface area contributed by atoms with Crippen LogP contribution in [0, 0.1) is 5.92 Å². The van der Waals surface area contributed by atoms with Crippen molar-refractivity contribution in [2.45, 2.75) is 107 Å². The van der Waals surface area contributed by atoms with Crippen LogP contribution in [-0.2, 0) is 39.8 Å². The molecule has 0 aromatic heterocycles. The zero-order valence-corrected chi connectivity index (χ0v) is 46.6. The summed E-state index contributed by atoms with van der Waals surface area (Å²) >= 11 is 0. The molecule has 0 atom stereocenters. The summed E-state index contributed by atoms with van der Waals surface area (Å²) in [5.74, 6) is 2.96. The molecule has 0 radical (unpaired) electrons. The van der Waals surface area contributed by atoms with Crippen molar-refractivity contribution in [3.63, 3.8) is 0 Å². The van der Waals surface area contributed by atoms with Crippen LogP contribution >= 0.6 is 118 Å². The van der Waals surface area contributed by atoms with E-state index in [-0.39, 0.29) is 0 Å². The molecule has 0 amide bonds. The second kappa shape index (κ2) is 35.9. The molecule has 1 fully saturated rings. The Hall–Kier alpha value is 4.49. The highest BCUT2D eigenvalue weighted by Crippen LogP contribution is 2.89. The first-order chi connectivity index (χ1) is 26.2. The Morgan fingerprint density at radius 2 is 0.815 bits per heavy atom. The van der Waals surface area contributed by atoms with Gasteiger partial charge >= 0.3 is 26.4 Å². The molecule has 0 heterocycles. The van der Waals surface area contributed by atoms with Gasteiger partial charge in [-0.3, -0.25) is 0 Å². The minimum atomic E-state index is -2.71. The third kappa shape index (κ3) is 24.4. The summed E-state index contributed by atoms with van der Waals surface area (Å²) in [4.78, 5) is 0. The van der Waals surface area contributed by atoms with Gasteiger partial charge in [0.2, 0.25) is 0 Å². The monoisotopic (exact) mass is 1040 g/mol. The van der Waals surface area contributed by atoms with E-state index in [9.17, 15) is 0 Å². The van der Waals surface area contributed by atoms with Crippen LogP contribution < -0.4 is 0 Å². The molecule has 0 N–H and O–H groups in total. The predicted octanol–water partition coefficient (Wildman–Crippen LogP) is 14.1. The first-order valence-corrected chi connectivity index (χ1v) is 41.8. The van der Waals surface area contributed by atoms with Crippen molar-refractivity contribution >= 4 is 145 Å². The van der Waals surface area contributed by atoms with E-state index in [1.807, 2.05) is 122 Å². The third-order valence-corrected chi connectivity index (χ3v) is 56.1. The molecule has 0 aromatic carbocycles. The Morgan fingerprint density at radius 1 is 0.444 bits per heavy atom. The molecular formula is C30H68O9S12Si3. The van der Waals surface area contributed by atoms with E-state index in [4.69, 9.17) is 39.8 Å². The van der Waals surface area contributed by atoms with Gasteiger partial charge in [-0.15, -0.1) is 0 Å². The minimum Gasteiger partial charge on any atom is -0.374 e. The molecule has 1 aliphatic rings. The van der Waals surface area contributed by atoms with Gasteiger partial charge in [-0.25, -0.2) is 0 Å². The maximum Gasteiger partial charge on any atom is 0.512 e. The fourth-order valence-corrected chi connectivity index (χ4v) is 66.8. The van der Waals surface area contributed by atoms with E-state index in [1.165, 1.54) is 44.3 Å². The van der Waals surface area contributed by atoms with Crippen molar-refractivity contribution in [2.24, 2.45) is 5.92 Å². The molecule has 0 aliphatic heterocycles. The first-order valence-electron chi connectivity index (χ1n) is 19.1. The largest absolute Gasteiger partial charge is 0.512 e. The van der Waals surface area contributed by atoms with E-state index in [0.717, 1.165) is 28.5 Å². The van der Waals surface area contributed by atoms with Gasteiger partial charge in [0, 0.05) is 77.0 Å². The van der Waals surface area contributed by atoms with Crippen molar-refractivity contribution in [3.05, 3.63) is 0 Å². The van der Waals surface area contributed by atoms with Crippen molar-refractivity contribution in [1.82, 2.24) is 0 Å². The zero-order valence-electron chi connectivity index (χ0n) is 33.8. The van der Waals surface area contributed by atoms with Gasteiger partial charge in [0.25, 0.3) is 0 Å². The topological polar surface area (TPSA) is 83.1 Å². The van der Waals surface area contributed by atoms with Crippen molar-refractivity contribution in [3.8, 4) is 0 Å². The Morgan fingerprint density at radius 3 is 1.20 bits per heavy atom. The fourth-order valence-electron chi connectivity index (χ4n) is 5.35. The summed E-state index contributed by atoms with van der Waals surface area (Å²) in [5, 5.41) is 1.46. The molecule has 1 aliphatic carbocycles. The Balaban J connectivity index is 3.13. The Labute approximate surface area is 374 Å². The molecule has 0 spiro atoms. The van der Waals surface area contributed by atoms with E-state index in [2.05, 4.69) is 29.5 Å². The van der Waals surface area contributed by atoms with Crippen LogP contribution in [-0.4, -0.2) is 108 Å². The predicted molar refractivity (Wildman–Crippen MR) is 268 cm³/mol. The second-order valence-corrected chi connectivity index (χ2v) is 46.6. The molecular weight excluding hydrogens is 973 g/mol. The molecule has 9 nitrogen and oxygen atoms in total. The van der Waals surface area contributed by atoms with Gasteiger partial charge in [0.05, 0.1) is 10.8 Å². The maximum atomic E-state index is 6.15. The van der Waals surface area contributed by atoms with Crippen LogP contribution in [0.5, 0.6) is 0 Å². The zero-order chi connectivity index (χ0) is 39.9. The SMILES string of the molecule is CCO[Si](CCSSSS(CCC1CCCCC1)(SSSSC[Si](OCC)(OCC)OCC)SSSSC[Si](OCC)(OCC)OCC)(OCC)OCC. The second-order valence-electron chi connectivity index (χ2n) is 11.1. The lowest BCUT2D eigenvalue weighted by Crippen LogP contribution is -2.49. The van der Waals surface area contributed by atoms with Gasteiger partial charge in [-0.2, -0.15) is 0 Å². The lowest BCUT2D eigenvalue weighted by molar-refractivity contribution is 0.0726. The Kier molecular flexibility index (Phi) is 37.6. The Bertz CT molecular complexity index is 747. The first kappa shape index (κ1) is 56.5. The van der Waals surface area contributed by atoms with E-state index in [1.54, 1.807) is 21.6 Å². The summed E-state index contributed by atoms with van der Waals surface area (Å²) in [6, 6.07) is 0.810. The normalized spacial score (nSPS) is 15.4. The van der Waals surface area contributed by atoms with Gasteiger partial charge in [0.15, 0.2) is 0 Å². The van der Waals surface area contributed by atoms with Gasteiger partial charge < -0.3 is 39.8 Å². The molecule has 54 heavy (non-hydrogen) atoms. The molecule has 0 unspecified atom stereocenters. The summed E-state index contributed by atoms with van der Waals surface area (Å²) in [6.07, 6.45) is 8.13. The number of hydrogen-bond donors (Lipinski definition) is 0. The van der Waals surface area contributed by atoms with Crippen LogP contribution in [0.15, 0.2) is 0 Å². The maximum absolute atomic E-state index is 6.15. The standard InChI is InChI=1S/C30H68O9S12Si3/c1-10-31-52(32-11-2,33-12-3)27-25-40-45-48-51(26-24-30-22-20-19-21-23-30,49-46-43-41-28-53(34-13-4,35-14-5)36-15-6)50-47-44-42-29-54(37-16-7,38-17-8)39-18-9/h30H,10-29H2,1-9H3. The highest BCUT2D eigenvalue weighted by Gasteiger charge is 2.43. The van der Waals surface area contributed by atoms with Gasteiger partial charge in [0.1, 0.15) is 0 Å². The molecule has 326 valence electrons. The van der Waals surface area contributed by atoms with Crippen LogP contribution in [0.1, 0.15) is 101 Å². The molecule has 1 saturated carbocycles. The molecule has 0 aromatic rings. The van der Waals surface area contributed by atoms with Crippen LogP contribution in [0.2, 0.25) is 6.04 Å². The number of hydrogen-bond acceptors (Lipinski definition) is 20. The summed E-state index contributed by atoms with van der Waals surface area (Å²) < 4.78 is 55.3. The summed E-state index contributed by atoms with van der Waals surface area (Å²) in [6.45, 7) is 23.5. The lowest BCUT2D eigenvalue weighted by atomic mass is 9.88. The van der Waals surface area contributed by atoms with Crippen LogP contribution in [0.3, 0.4) is 0 Å². The summed E-state index contributed by atoms with van der Waals surface area (Å²) in [5.41, 5.74) is 0. The van der Waals surface area contributed by atoms with E-state index >= 15 is 0 Å². The van der Waals surface area contributed by atoms with E-state index < -0.39 is 33.5 Å². The average molecular weight is 1040 g/mol. The van der Waals surface area contributed by atoms with Crippen molar-refractivity contribution < 1.29 is 39.8 Å². The van der Waals surface area contributed by atoms with E-state index in [0.29, 0.717) is 59.5 Å². The van der Waals surface area contributed by atoms with Gasteiger partial charge in [-0.05, 0) is 153 Å². The third-order valence-electron chi connectivity index (χ3n) is 7.34. The van der Waals surface area contributed by atoms with Crippen LogP contribution in [0.25, 0.3) is 0 Å². The minimum absolute atomic E-state index is 0.593. The number of rotatable bonds is 39. The quantitative estimate of drug-likeness (QED) is 0.0332. The molecule has 1 rings (SSSR count). The molecule has 0 saturated heterocycles. The highest BCUT2D eigenvalue weighted by atomic mass is 34.2. The van der Waals surface area contributed by atoms with Crippen molar-refractivity contribution in [1.29, 1.82) is 0 Å². The average Bonchev–Trinajstić information content (AvgIpc) is 3.15. The fraction of sp³-hybridized carbons (Fsp3) is 1.00. The molecule has 0 bridgehead atoms.